The average Bonchev–Trinajstić information content (AvgIpc) is 2.03. The molecule has 0 spiro atoms. The number of nitrogens with one attached hydrogen (secondary N) is 1. The molecule has 5 nitrogen and oxygen atoms in total. The lowest BCUT2D eigenvalue weighted by Gasteiger charge is -2.11. The van der Waals surface area contributed by atoms with Gasteiger partial charge in [-0.1, -0.05) is 0 Å². The van der Waals surface area contributed by atoms with Crippen molar-refractivity contribution in [3.8, 4) is 0 Å². The van der Waals surface area contributed by atoms with E-state index >= 15 is 0 Å². The summed E-state index contributed by atoms with van der Waals surface area (Å²) >= 11 is 0. The van der Waals surface area contributed by atoms with Gasteiger partial charge in [-0.05, 0) is 6.92 Å². The van der Waals surface area contributed by atoms with E-state index in [-0.39, 0.29) is 6.23 Å². The van der Waals surface area contributed by atoms with E-state index in [1.54, 1.807) is 6.92 Å². The molecule has 66 valence electrons. The van der Waals surface area contributed by atoms with Gasteiger partial charge in [0.05, 0.1) is 0 Å². The molecular weight excluding hydrogens is 160 g/mol. The Morgan fingerprint density at radius 2 is 2.25 bits per heavy atom. The summed E-state index contributed by atoms with van der Waals surface area (Å²) in [7, 11) is 1.49. The second kappa shape index (κ2) is 3.36. The van der Waals surface area contributed by atoms with Crippen LogP contribution in [0.5, 0.6) is 0 Å². The van der Waals surface area contributed by atoms with Crippen molar-refractivity contribution in [1.29, 1.82) is 0 Å². The van der Waals surface area contributed by atoms with Crippen molar-refractivity contribution in [3.63, 3.8) is 0 Å². The number of hydrogen-bond donors (Lipinski definition) is 1. The molecule has 0 fully saturated rings. The predicted octanol–water partition coefficient (Wildman–Crippen LogP) is -0.298. The summed E-state index contributed by atoms with van der Waals surface area (Å²) in [5.74, 6) is 0. The van der Waals surface area contributed by atoms with Crippen molar-refractivity contribution in [3.05, 3.63) is 33.1 Å². The van der Waals surface area contributed by atoms with Crippen LogP contribution in [0.25, 0.3) is 0 Å². The van der Waals surface area contributed by atoms with Crippen LogP contribution in [0.2, 0.25) is 0 Å². The van der Waals surface area contributed by atoms with Gasteiger partial charge in [0.15, 0.2) is 0 Å². The van der Waals surface area contributed by atoms with Gasteiger partial charge in [0.1, 0.15) is 6.23 Å². The SMILES string of the molecule is CO[C@H](C)n1ccc(=O)[nH]c1=O. The molecule has 1 aromatic rings. The second-order valence-corrected chi connectivity index (χ2v) is 2.35. The number of aromatic nitrogens is 2. The van der Waals surface area contributed by atoms with E-state index in [1.807, 2.05) is 0 Å². The zero-order chi connectivity index (χ0) is 9.14. The maximum absolute atomic E-state index is 11.1. The number of rotatable bonds is 2. The van der Waals surface area contributed by atoms with E-state index in [0.717, 1.165) is 0 Å². The Morgan fingerprint density at radius 1 is 1.58 bits per heavy atom. The highest BCUT2D eigenvalue weighted by atomic mass is 16.5. The van der Waals surface area contributed by atoms with E-state index in [1.165, 1.54) is 23.9 Å². The zero-order valence-electron chi connectivity index (χ0n) is 6.90. The van der Waals surface area contributed by atoms with Crippen LogP contribution in [0, 0.1) is 0 Å². The first-order valence-corrected chi connectivity index (χ1v) is 3.49. The van der Waals surface area contributed by atoms with Crippen LogP contribution in [-0.2, 0) is 4.74 Å². The molecule has 1 N–H and O–H groups in total. The molecule has 1 rings (SSSR count). The van der Waals surface area contributed by atoms with Gasteiger partial charge in [-0.25, -0.2) is 4.79 Å². The van der Waals surface area contributed by atoms with Gasteiger partial charge in [-0.2, -0.15) is 0 Å². The van der Waals surface area contributed by atoms with Crippen molar-refractivity contribution in [2.45, 2.75) is 13.2 Å². The standard InChI is InChI=1S/C7H10N2O3/c1-5(12-2)9-4-3-6(10)8-7(9)11/h3-5H,1-2H3,(H,8,10,11)/t5-/m1/s1. The summed E-state index contributed by atoms with van der Waals surface area (Å²) in [6.07, 6.45) is 1.03. The highest BCUT2D eigenvalue weighted by molar-refractivity contribution is 4.83. The van der Waals surface area contributed by atoms with E-state index in [2.05, 4.69) is 4.98 Å². The van der Waals surface area contributed by atoms with Gasteiger partial charge in [-0.3, -0.25) is 14.3 Å². The van der Waals surface area contributed by atoms with Gasteiger partial charge >= 0.3 is 5.69 Å². The number of ether oxygens (including phenoxy) is 1. The van der Waals surface area contributed by atoms with Crippen LogP contribution in [-0.4, -0.2) is 16.7 Å². The smallest absolute Gasteiger partial charge is 0.330 e. The largest absolute Gasteiger partial charge is 0.361 e. The third-order valence-electron chi connectivity index (χ3n) is 1.58. The average molecular weight is 170 g/mol. The Morgan fingerprint density at radius 3 is 2.75 bits per heavy atom. The van der Waals surface area contributed by atoms with Gasteiger partial charge in [0.25, 0.3) is 5.56 Å². The summed E-state index contributed by atoms with van der Waals surface area (Å²) in [5.41, 5.74) is -0.864. The fraction of sp³-hybridized carbons (Fsp3) is 0.429. The van der Waals surface area contributed by atoms with Crippen molar-refractivity contribution >= 4 is 0 Å². The topological polar surface area (TPSA) is 64.1 Å². The molecule has 0 unspecified atom stereocenters. The second-order valence-electron chi connectivity index (χ2n) is 2.35. The molecule has 5 heteroatoms. The highest BCUT2D eigenvalue weighted by Gasteiger charge is 2.03. The van der Waals surface area contributed by atoms with Crippen LogP contribution >= 0.6 is 0 Å². The van der Waals surface area contributed by atoms with E-state index in [9.17, 15) is 9.59 Å². The molecule has 1 aromatic heterocycles. The molecule has 0 aromatic carbocycles. The minimum absolute atomic E-state index is 0.366. The molecule has 0 aliphatic heterocycles. The predicted molar refractivity (Wildman–Crippen MR) is 43.0 cm³/mol. The zero-order valence-corrected chi connectivity index (χ0v) is 6.90. The Bertz CT molecular complexity index is 365. The Labute approximate surface area is 68.6 Å². The number of nitrogens with zero attached hydrogens (tertiary/aromatic N) is 1. The molecule has 0 aliphatic rings. The van der Waals surface area contributed by atoms with Crippen molar-refractivity contribution < 1.29 is 4.74 Å². The minimum atomic E-state index is -0.461. The van der Waals surface area contributed by atoms with Crippen LogP contribution in [0.3, 0.4) is 0 Å². The number of H-pyrrole nitrogens is 1. The molecule has 0 aliphatic carbocycles. The molecule has 0 radical (unpaired) electrons. The van der Waals surface area contributed by atoms with Crippen molar-refractivity contribution in [2.75, 3.05) is 7.11 Å². The lowest BCUT2D eigenvalue weighted by Crippen LogP contribution is -2.31. The van der Waals surface area contributed by atoms with E-state index in [0.29, 0.717) is 0 Å². The molecule has 0 saturated heterocycles. The lowest BCUT2D eigenvalue weighted by atomic mass is 10.5. The molecule has 12 heavy (non-hydrogen) atoms. The molecule has 1 atom stereocenters. The highest BCUT2D eigenvalue weighted by Crippen LogP contribution is 1.98. The summed E-state index contributed by atoms with van der Waals surface area (Å²) in [5, 5.41) is 0. The van der Waals surface area contributed by atoms with Gasteiger partial charge < -0.3 is 4.74 Å². The fourth-order valence-electron chi connectivity index (χ4n) is 0.827. The first-order valence-electron chi connectivity index (χ1n) is 3.49. The van der Waals surface area contributed by atoms with Crippen LogP contribution in [0.4, 0.5) is 0 Å². The Hall–Kier alpha value is -1.36. The summed E-state index contributed by atoms with van der Waals surface area (Å²) < 4.78 is 6.19. The third kappa shape index (κ3) is 1.62. The van der Waals surface area contributed by atoms with Crippen molar-refractivity contribution in [1.82, 2.24) is 9.55 Å². The van der Waals surface area contributed by atoms with E-state index in [4.69, 9.17) is 4.74 Å². The number of hydrogen-bond acceptors (Lipinski definition) is 3. The molecule has 0 bridgehead atoms. The van der Waals surface area contributed by atoms with Crippen LogP contribution in [0.15, 0.2) is 21.9 Å². The van der Waals surface area contributed by atoms with Gasteiger partial charge in [0.2, 0.25) is 0 Å². The van der Waals surface area contributed by atoms with Crippen LogP contribution in [0.1, 0.15) is 13.2 Å². The molecule has 1 heterocycles. The minimum Gasteiger partial charge on any atom is -0.361 e. The third-order valence-corrected chi connectivity index (χ3v) is 1.58. The maximum atomic E-state index is 11.1. The Kier molecular flexibility index (Phi) is 2.44. The van der Waals surface area contributed by atoms with Gasteiger partial charge in [0, 0.05) is 19.4 Å². The quantitative estimate of drug-likeness (QED) is 0.662. The number of methoxy groups -OCH3 is 1. The van der Waals surface area contributed by atoms with Crippen LogP contribution < -0.4 is 11.2 Å². The monoisotopic (exact) mass is 170 g/mol. The number of aromatic amines is 1. The lowest BCUT2D eigenvalue weighted by molar-refractivity contribution is 0.0563. The first-order chi connectivity index (χ1) is 5.65. The summed E-state index contributed by atoms with van der Waals surface area (Å²) in [6.45, 7) is 1.71. The fourth-order valence-corrected chi connectivity index (χ4v) is 0.827. The molecule has 0 saturated carbocycles. The van der Waals surface area contributed by atoms with Crippen molar-refractivity contribution in [2.24, 2.45) is 0 Å². The summed E-state index contributed by atoms with van der Waals surface area (Å²) in [6, 6.07) is 1.27. The van der Waals surface area contributed by atoms with Gasteiger partial charge in [-0.15, -0.1) is 0 Å². The molecule has 0 amide bonds. The Balaban J connectivity index is 3.19. The van der Waals surface area contributed by atoms with E-state index < -0.39 is 11.2 Å². The maximum Gasteiger partial charge on any atom is 0.330 e. The normalized spacial score (nSPS) is 12.8. The first kappa shape index (κ1) is 8.73. The molecular formula is C7H10N2O3. The summed E-state index contributed by atoms with van der Waals surface area (Å²) in [4.78, 5) is 23.8.